The van der Waals surface area contributed by atoms with Gasteiger partial charge in [0.2, 0.25) is 0 Å². The molecule has 2 aromatic heterocycles. The zero-order valence-corrected chi connectivity index (χ0v) is 14.7. The molecule has 6 nitrogen and oxygen atoms in total. The third-order valence-electron chi connectivity index (χ3n) is 3.81. The zero-order chi connectivity index (χ0) is 17.2. The van der Waals surface area contributed by atoms with Crippen molar-refractivity contribution in [3.63, 3.8) is 0 Å². The Hall–Kier alpha value is -2.35. The van der Waals surface area contributed by atoms with Gasteiger partial charge in [-0.25, -0.2) is 9.97 Å². The molecule has 0 saturated carbocycles. The van der Waals surface area contributed by atoms with E-state index in [1.165, 1.54) is 11.9 Å². The molecular formula is C17H14ClN5OS. The van der Waals surface area contributed by atoms with Gasteiger partial charge in [-0.1, -0.05) is 11.6 Å². The summed E-state index contributed by atoms with van der Waals surface area (Å²) in [7, 11) is 0. The predicted molar refractivity (Wildman–Crippen MR) is 97.4 cm³/mol. The molecule has 0 spiro atoms. The predicted octanol–water partition coefficient (Wildman–Crippen LogP) is 3.59. The molecule has 8 heteroatoms. The molecule has 0 unspecified atom stereocenters. The molecular weight excluding hydrogens is 358 g/mol. The van der Waals surface area contributed by atoms with Gasteiger partial charge in [-0.05, 0) is 36.4 Å². The Labute approximate surface area is 153 Å². The van der Waals surface area contributed by atoms with Crippen LogP contribution < -0.4 is 5.01 Å². The number of hydrogen-bond donors (Lipinski definition) is 1. The summed E-state index contributed by atoms with van der Waals surface area (Å²) in [5, 5.41) is 3.39. The lowest BCUT2D eigenvalue weighted by molar-refractivity contribution is 0.0957. The standard InChI is InChI=1S/C17H14ClN5OS/c18-12-3-5-14(6-4-12)22(9-13-8-19-11-21-13)23-10-16(24)15-2-1-7-20-17(15)25-23/h1-8,11H,9-10H2,(H,19,21). The SMILES string of the molecule is O=C1CN(N(Cc2cnc[nH]2)c2ccc(Cl)cc2)Sc2ncccc21. The summed E-state index contributed by atoms with van der Waals surface area (Å²) in [5.41, 5.74) is 2.54. The maximum atomic E-state index is 12.5. The Morgan fingerprint density at radius 1 is 1.28 bits per heavy atom. The average molecular weight is 372 g/mol. The van der Waals surface area contributed by atoms with E-state index in [2.05, 4.69) is 15.0 Å². The van der Waals surface area contributed by atoms with E-state index in [0.717, 1.165) is 11.4 Å². The Morgan fingerprint density at radius 3 is 2.88 bits per heavy atom. The average Bonchev–Trinajstić information content (AvgIpc) is 3.14. The highest BCUT2D eigenvalue weighted by Gasteiger charge is 2.29. The number of imidazole rings is 1. The van der Waals surface area contributed by atoms with Crippen LogP contribution >= 0.6 is 23.5 Å². The fourth-order valence-electron chi connectivity index (χ4n) is 2.60. The summed E-state index contributed by atoms with van der Waals surface area (Å²) >= 11 is 7.47. The highest BCUT2D eigenvalue weighted by Crippen LogP contribution is 2.34. The van der Waals surface area contributed by atoms with E-state index in [0.29, 0.717) is 22.2 Å². The van der Waals surface area contributed by atoms with Crippen LogP contribution in [-0.2, 0) is 6.54 Å². The first-order chi connectivity index (χ1) is 12.2. The molecule has 0 fully saturated rings. The minimum absolute atomic E-state index is 0.0467. The summed E-state index contributed by atoms with van der Waals surface area (Å²) in [6.07, 6.45) is 5.11. The summed E-state index contributed by atoms with van der Waals surface area (Å²) in [6.45, 7) is 0.810. The Balaban J connectivity index is 1.68. The maximum absolute atomic E-state index is 12.5. The maximum Gasteiger partial charge on any atom is 0.182 e. The van der Waals surface area contributed by atoms with E-state index >= 15 is 0 Å². The molecule has 0 aliphatic carbocycles. The smallest absolute Gasteiger partial charge is 0.182 e. The number of H-pyrrole nitrogens is 1. The number of nitrogens with zero attached hydrogens (tertiary/aromatic N) is 4. The highest BCUT2D eigenvalue weighted by molar-refractivity contribution is 7.97. The van der Waals surface area contributed by atoms with Gasteiger partial charge in [-0.2, -0.15) is 0 Å². The van der Waals surface area contributed by atoms with Crippen LogP contribution in [-0.4, -0.2) is 31.7 Å². The van der Waals surface area contributed by atoms with Crippen LogP contribution in [0, 0.1) is 0 Å². The fourth-order valence-corrected chi connectivity index (χ4v) is 3.74. The topological polar surface area (TPSA) is 65.1 Å². The van der Waals surface area contributed by atoms with Crippen LogP contribution in [0.2, 0.25) is 5.02 Å². The van der Waals surface area contributed by atoms with Gasteiger partial charge in [0.15, 0.2) is 5.78 Å². The van der Waals surface area contributed by atoms with Crippen molar-refractivity contribution in [3.8, 4) is 0 Å². The van der Waals surface area contributed by atoms with E-state index in [1.807, 2.05) is 39.8 Å². The molecule has 0 saturated heterocycles. The van der Waals surface area contributed by atoms with Gasteiger partial charge in [0.25, 0.3) is 0 Å². The second kappa shape index (κ2) is 6.87. The minimum atomic E-state index is 0.0467. The van der Waals surface area contributed by atoms with E-state index in [1.54, 1.807) is 24.8 Å². The van der Waals surface area contributed by atoms with Gasteiger partial charge in [-0.3, -0.25) is 9.80 Å². The third-order valence-corrected chi connectivity index (χ3v) is 5.10. The molecule has 0 atom stereocenters. The first kappa shape index (κ1) is 16.1. The van der Waals surface area contributed by atoms with Crippen LogP contribution in [0.15, 0.2) is 60.1 Å². The van der Waals surface area contributed by atoms with E-state index in [-0.39, 0.29) is 12.3 Å². The van der Waals surface area contributed by atoms with Crippen LogP contribution in [0.1, 0.15) is 16.1 Å². The number of Topliss-reactive ketones (excluding diaryl/α,β-unsaturated/α-hetero) is 1. The van der Waals surface area contributed by atoms with Gasteiger partial charge in [0.1, 0.15) is 5.03 Å². The first-order valence-electron chi connectivity index (χ1n) is 7.65. The first-order valence-corrected chi connectivity index (χ1v) is 8.80. The largest absolute Gasteiger partial charge is 0.347 e. The lowest BCUT2D eigenvalue weighted by atomic mass is 10.2. The van der Waals surface area contributed by atoms with Crippen molar-refractivity contribution < 1.29 is 4.79 Å². The number of pyridine rings is 1. The van der Waals surface area contributed by atoms with Crippen molar-refractivity contribution in [2.75, 3.05) is 11.6 Å². The summed E-state index contributed by atoms with van der Waals surface area (Å²) in [4.78, 5) is 24.0. The Morgan fingerprint density at radius 2 is 2.12 bits per heavy atom. The number of nitrogens with one attached hydrogen (secondary N) is 1. The van der Waals surface area contributed by atoms with Gasteiger partial charge >= 0.3 is 0 Å². The molecule has 1 N–H and O–H groups in total. The van der Waals surface area contributed by atoms with Crippen LogP contribution in [0.3, 0.4) is 0 Å². The Kier molecular flexibility index (Phi) is 4.44. The molecule has 25 heavy (non-hydrogen) atoms. The number of rotatable bonds is 4. The van der Waals surface area contributed by atoms with Gasteiger partial charge in [0.05, 0.1) is 36.4 Å². The van der Waals surface area contributed by atoms with Crippen LogP contribution in [0.25, 0.3) is 0 Å². The van der Waals surface area contributed by atoms with Crippen molar-refractivity contribution in [1.29, 1.82) is 0 Å². The number of carbonyl (C=O) groups excluding carboxylic acids is 1. The number of aromatic nitrogens is 3. The molecule has 4 rings (SSSR count). The van der Waals surface area contributed by atoms with Gasteiger partial charge in [-0.15, -0.1) is 4.41 Å². The highest BCUT2D eigenvalue weighted by atomic mass is 35.5. The number of anilines is 1. The molecule has 0 amide bonds. The van der Waals surface area contributed by atoms with Crippen molar-refractivity contribution in [1.82, 2.24) is 19.4 Å². The second-order valence-electron chi connectivity index (χ2n) is 5.49. The summed E-state index contributed by atoms with van der Waals surface area (Å²) in [5.74, 6) is 0.0467. The Bertz CT molecular complexity index is 884. The molecule has 1 aromatic carbocycles. The van der Waals surface area contributed by atoms with Crippen molar-refractivity contribution in [2.24, 2.45) is 0 Å². The van der Waals surface area contributed by atoms with Crippen LogP contribution in [0.5, 0.6) is 0 Å². The summed E-state index contributed by atoms with van der Waals surface area (Å²) in [6, 6.07) is 11.1. The number of hydrazine groups is 1. The van der Waals surface area contributed by atoms with Crippen molar-refractivity contribution in [3.05, 3.63) is 71.4 Å². The molecule has 3 heterocycles. The van der Waals surface area contributed by atoms with Crippen molar-refractivity contribution in [2.45, 2.75) is 11.6 Å². The van der Waals surface area contributed by atoms with E-state index < -0.39 is 0 Å². The van der Waals surface area contributed by atoms with Crippen LogP contribution in [0.4, 0.5) is 5.69 Å². The van der Waals surface area contributed by atoms with Gasteiger partial charge < -0.3 is 4.98 Å². The minimum Gasteiger partial charge on any atom is -0.347 e. The fraction of sp³-hybridized carbons (Fsp3) is 0.118. The number of halogens is 1. The summed E-state index contributed by atoms with van der Waals surface area (Å²) < 4.78 is 1.92. The lowest BCUT2D eigenvalue weighted by Crippen LogP contribution is -2.43. The number of benzene rings is 1. The second-order valence-corrected chi connectivity index (χ2v) is 6.92. The number of hydrogen-bond acceptors (Lipinski definition) is 6. The van der Waals surface area contributed by atoms with Crippen molar-refractivity contribution >= 4 is 35.0 Å². The van der Waals surface area contributed by atoms with Gasteiger partial charge in [0, 0.05) is 29.4 Å². The zero-order valence-electron chi connectivity index (χ0n) is 13.1. The monoisotopic (exact) mass is 371 g/mol. The quantitative estimate of drug-likeness (QED) is 0.707. The number of carbonyl (C=O) groups is 1. The number of aromatic amines is 1. The molecule has 1 aliphatic rings. The molecule has 1 aliphatic heterocycles. The lowest BCUT2D eigenvalue weighted by Gasteiger charge is -2.36. The molecule has 126 valence electrons. The van der Waals surface area contributed by atoms with E-state index in [9.17, 15) is 4.79 Å². The molecule has 3 aromatic rings. The number of fused-ring (bicyclic) bond motifs is 1. The molecule has 0 bridgehead atoms. The third kappa shape index (κ3) is 3.39. The number of ketones is 1. The normalized spacial score (nSPS) is 14.4. The van der Waals surface area contributed by atoms with E-state index in [4.69, 9.17) is 11.6 Å². The molecule has 0 radical (unpaired) electrons.